The molecule has 31 heavy (non-hydrogen) atoms. The van der Waals surface area contributed by atoms with Crippen LogP contribution in [-0.4, -0.2) is 37.4 Å². The number of benzene rings is 2. The van der Waals surface area contributed by atoms with Crippen molar-refractivity contribution in [1.29, 1.82) is 0 Å². The van der Waals surface area contributed by atoms with Gasteiger partial charge in [0.1, 0.15) is 23.9 Å². The molecule has 0 aromatic heterocycles. The molecule has 1 atom stereocenters. The normalized spacial score (nSPS) is 16.2. The number of ether oxygens (including phenoxy) is 3. The molecule has 0 aliphatic carbocycles. The summed E-state index contributed by atoms with van der Waals surface area (Å²) in [4.78, 5) is 25.7. The molecule has 2 N–H and O–H groups in total. The van der Waals surface area contributed by atoms with Gasteiger partial charge in [0.15, 0.2) is 11.5 Å². The minimum absolute atomic E-state index is 0.199. The minimum Gasteiger partial charge on any atom is -0.496 e. The maximum atomic E-state index is 12.7. The van der Waals surface area contributed by atoms with Crippen LogP contribution in [0.4, 0.5) is 5.69 Å². The summed E-state index contributed by atoms with van der Waals surface area (Å²) < 4.78 is 16.6. The highest BCUT2D eigenvalue weighted by atomic mass is 32.2. The lowest BCUT2D eigenvalue weighted by Gasteiger charge is -2.21. The maximum absolute atomic E-state index is 12.7. The fourth-order valence-corrected chi connectivity index (χ4v) is 4.13. The SMILES string of the molecule is CC1=C(C(=O)Nc2ccc(C(=O)N[C@H](C)c3ccc4c(c3)OCCO4)cc2)SCCO1. The maximum Gasteiger partial charge on any atom is 0.265 e. The number of fused-ring (bicyclic) bond motifs is 1. The van der Waals surface area contributed by atoms with Crippen LogP contribution < -0.4 is 20.1 Å². The lowest BCUT2D eigenvalue weighted by Crippen LogP contribution is -2.27. The summed E-state index contributed by atoms with van der Waals surface area (Å²) >= 11 is 1.48. The van der Waals surface area contributed by atoms with Crippen molar-refractivity contribution in [1.82, 2.24) is 5.32 Å². The Morgan fingerprint density at radius 2 is 1.68 bits per heavy atom. The van der Waals surface area contributed by atoms with E-state index in [1.807, 2.05) is 25.1 Å². The van der Waals surface area contributed by atoms with Gasteiger partial charge < -0.3 is 24.8 Å². The molecule has 2 aliphatic heterocycles. The van der Waals surface area contributed by atoms with Crippen molar-refractivity contribution < 1.29 is 23.8 Å². The second-order valence-corrected chi connectivity index (χ2v) is 8.32. The number of anilines is 1. The number of carbonyl (C=O) groups excluding carboxylic acids is 2. The summed E-state index contributed by atoms with van der Waals surface area (Å²) in [5.41, 5.74) is 2.05. The second-order valence-electron chi connectivity index (χ2n) is 7.21. The number of amides is 2. The van der Waals surface area contributed by atoms with Crippen molar-refractivity contribution in [2.75, 3.05) is 30.9 Å². The van der Waals surface area contributed by atoms with Crippen molar-refractivity contribution >= 4 is 29.3 Å². The molecule has 0 saturated heterocycles. The van der Waals surface area contributed by atoms with Crippen molar-refractivity contribution in [3.63, 3.8) is 0 Å². The largest absolute Gasteiger partial charge is 0.496 e. The lowest BCUT2D eigenvalue weighted by molar-refractivity contribution is -0.112. The van der Waals surface area contributed by atoms with E-state index in [-0.39, 0.29) is 17.9 Å². The Morgan fingerprint density at radius 3 is 2.42 bits per heavy atom. The van der Waals surface area contributed by atoms with E-state index >= 15 is 0 Å². The molecule has 0 spiro atoms. The molecule has 2 aromatic carbocycles. The van der Waals surface area contributed by atoms with Crippen molar-refractivity contribution in [2.45, 2.75) is 19.9 Å². The zero-order valence-corrected chi connectivity index (χ0v) is 18.2. The molecule has 162 valence electrons. The Balaban J connectivity index is 1.37. The Hall–Kier alpha value is -3.13. The predicted octanol–water partition coefficient (Wildman–Crippen LogP) is 3.88. The Bertz CT molecular complexity index is 1020. The lowest BCUT2D eigenvalue weighted by atomic mass is 10.1. The van der Waals surface area contributed by atoms with Gasteiger partial charge in [0.05, 0.1) is 12.6 Å². The van der Waals surface area contributed by atoms with Crippen LogP contribution in [0.1, 0.15) is 35.8 Å². The van der Waals surface area contributed by atoms with E-state index in [2.05, 4.69) is 10.6 Å². The van der Waals surface area contributed by atoms with Gasteiger partial charge in [0.25, 0.3) is 11.8 Å². The van der Waals surface area contributed by atoms with E-state index < -0.39 is 0 Å². The number of carbonyl (C=O) groups is 2. The Morgan fingerprint density at radius 1 is 0.935 bits per heavy atom. The molecular weight excluding hydrogens is 416 g/mol. The summed E-state index contributed by atoms with van der Waals surface area (Å²) in [5.74, 6) is 2.40. The molecule has 0 radical (unpaired) electrons. The van der Waals surface area contributed by atoms with E-state index in [0.717, 1.165) is 17.1 Å². The van der Waals surface area contributed by atoms with E-state index in [4.69, 9.17) is 14.2 Å². The molecule has 4 rings (SSSR count). The highest BCUT2D eigenvalue weighted by Gasteiger charge is 2.19. The van der Waals surface area contributed by atoms with Crippen LogP contribution in [0, 0.1) is 0 Å². The molecule has 0 unspecified atom stereocenters. The van der Waals surface area contributed by atoms with Crippen molar-refractivity contribution in [3.8, 4) is 11.5 Å². The first kappa shape index (κ1) is 21.1. The Labute approximate surface area is 185 Å². The summed E-state index contributed by atoms with van der Waals surface area (Å²) in [6, 6.07) is 12.3. The van der Waals surface area contributed by atoms with Crippen LogP contribution in [0.3, 0.4) is 0 Å². The number of rotatable bonds is 5. The van der Waals surface area contributed by atoms with Crippen LogP contribution in [0.25, 0.3) is 0 Å². The molecule has 2 aromatic rings. The van der Waals surface area contributed by atoms with E-state index in [9.17, 15) is 9.59 Å². The predicted molar refractivity (Wildman–Crippen MR) is 119 cm³/mol. The monoisotopic (exact) mass is 440 g/mol. The van der Waals surface area contributed by atoms with Crippen LogP contribution in [0.2, 0.25) is 0 Å². The molecule has 8 heteroatoms. The van der Waals surface area contributed by atoms with Gasteiger partial charge >= 0.3 is 0 Å². The van der Waals surface area contributed by atoms with Gasteiger partial charge in [-0.1, -0.05) is 6.07 Å². The average Bonchev–Trinajstić information content (AvgIpc) is 2.79. The van der Waals surface area contributed by atoms with Gasteiger partial charge in [-0.05, 0) is 55.8 Å². The molecule has 2 amide bonds. The molecule has 0 fully saturated rings. The number of thioether (sulfide) groups is 1. The quantitative estimate of drug-likeness (QED) is 0.734. The van der Waals surface area contributed by atoms with Gasteiger partial charge in [0, 0.05) is 17.0 Å². The number of nitrogens with one attached hydrogen (secondary N) is 2. The van der Waals surface area contributed by atoms with E-state index in [1.54, 1.807) is 31.2 Å². The first-order chi connectivity index (χ1) is 15.0. The fourth-order valence-electron chi connectivity index (χ4n) is 3.32. The average molecular weight is 441 g/mol. The first-order valence-corrected chi connectivity index (χ1v) is 11.1. The molecule has 2 aliphatic rings. The summed E-state index contributed by atoms with van der Waals surface area (Å²) in [6.45, 7) is 5.37. The zero-order valence-electron chi connectivity index (χ0n) is 17.4. The minimum atomic E-state index is -0.207. The van der Waals surface area contributed by atoms with Gasteiger partial charge in [-0.25, -0.2) is 0 Å². The van der Waals surface area contributed by atoms with E-state index in [1.165, 1.54) is 11.8 Å². The summed E-state index contributed by atoms with van der Waals surface area (Å²) in [6.07, 6.45) is 0. The highest BCUT2D eigenvalue weighted by molar-refractivity contribution is 8.04. The standard InChI is InChI=1S/C23H24N2O5S/c1-14(17-5-8-19-20(13-17)30-10-9-29-19)24-22(26)16-3-6-18(7-4-16)25-23(27)21-15(2)28-11-12-31-21/h3-8,13-14H,9-12H2,1-2H3,(H,24,26)(H,25,27)/t14-/m1/s1. The van der Waals surface area contributed by atoms with Gasteiger partial charge in [-0.2, -0.15) is 0 Å². The van der Waals surface area contributed by atoms with Gasteiger partial charge in [0.2, 0.25) is 0 Å². The third-order valence-corrected chi connectivity index (χ3v) is 6.13. The molecular formula is C23H24N2O5S. The molecule has 0 bridgehead atoms. The Kier molecular flexibility index (Phi) is 6.36. The number of hydrogen-bond acceptors (Lipinski definition) is 6. The van der Waals surface area contributed by atoms with Crippen LogP contribution >= 0.6 is 11.8 Å². The number of hydrogen-bond donors (Lipinski definition) is 2. The fraction of sp³-hybridized carbons (Fsp3) is 0.304. The van der Waals surface area contributed by atoms with Crippen LogP contribution in [-0.2, 0) is 9.53 Å². The van der Waals surface area contributed by atoms with E-state index in [0.29, 0.717) is 47.5 Å². The van der Waals surface area contributed by atoms with Gasteiger partial charge in [-0.3, -0.25) is 9.59 Å². The molecule has 7 nitrogen and oxygen atoms in total. The van der Waals surface area contributed by atoms with Crippen molar-refractivity contribution in [3.05, 3.63) is 64.3 Å². The topological polar surface area (TPSA) is 85.9 Å². The van der Waals surface area contributed by atoms with Gasteiger partial charge in [-0.15, -0.1) is 11.8 Å². The second kappa shape index (κ2) is 9.34. The molecule has 0 saturated carbocycles. The van der Waals surface area contributed by atoms with Crippen LogP contribution in [0.15, 0.2) is 53.1 Å². The third kappa shape index (κ3) is 4.96. The molecule has 2 heterocycles. The first-order valence-electron chi connectivity index (χ1n) is 10.1. The zero-order chi connectivity index (χ0) is 21.8. The summed E-state index contributed by atoms with van der Waals surface area (Å²) in [7, 11) is 0. The third-order valence-electron chi connectivity index (χ3n) is 4.99. The number of allylic oxidation sites excluding steroid dienone is 1. The smallest absolute Gasteiger partial charge is 0.265 e. The van der Waals surface area contributed by atoms with Crippen LogP contribution in [0.5, 0.6) is 11.5 Å². The summed E-state index contributed by atoms with van der Waals surface area (Å²) in [5, 5.41) is 5.84. The highest BCUT2D eigenvalue weighted by Crippen LogP contribution is 2.32. The van der Waals surface area contributed by atoms with Crippen molar-refractivity contribution in [2.24, 2.45) is 0 Å².